The average Bonchev–Trinajstić information content (AvgIpc) is 2.62. The van der Waals surface area contributed by atoms with Gasteiger partial charge in [0, 0.05) is 23.9 Å². The van der Waals surface area contributed by atoms with E-state index in [1.165, 1.54) is 28.4 Å². The van der Waals surface area contributed by atoms with E-state index in [-0.39, 0.29) is 22.8 Å². The number of ketones is 1. The van der Waals surface area contributed by atoms with Crippen molar-refractivity contribution in [2.24, 2.45) is 0 Å². The van der Waals surface area contributed by atoms with Gasteiger partial charge in [0.2, 0.25) is 5.91 Å². The minimum atomic E-state index is -1.07. The molecule has 0 aromatic carbocycles. The molecule has 1 N–H and O–H groups in total. The van der Waals surface area contributed by atoms with Crippen LogP contribution in [-0.2, 0) is 14.4 Å². The Morgan fingerprint density at radius 3 is 2.79 bits per heavy atom. The topological polar surface area (TPSA) is 74.7 Å². The summed E-state index contributed by atoms with van der Waals surface area (Å²) in [6, 6.07) is 0. The number of carboxylic acids is 1. The normalized spacial score (nSPS) is 21.4. The lowest BCUT2D eigenvalue weighted by molar-refractivity contribution is -0.145. The second-order valence-corrected chi connectivity index (χ2v) is 7.40. The number of carbonyl (C=O) groups excluding carboxylic acids is 2. The number of hydrogen-bond acceptors (Lipinski definition) is 5. The number of alkyl halides is 1. The molecule has 1 fully saturated rings. The third-order valence-electron chi connectivity index (χ3n) is 2.77. The van der Waals surface area contributed by atoms with Gasteiger partial charge in [0.25, 0.3) is 0 Å². The van der Waals surface area contributed by atoms with Gasteiger partial charge in [0.05, 0.1) is 16.0 Å². The Labute approximate surface area is 127 Å². The van der Waals surface area contributed by atoms with E-state index in [9.17, 15) is 14.4 Å². The molecule has 0 spiro atoms. The van der Waals surface area contributed by atoms with E-state index in [4.69, 9.17) is 5.11 Å². The molecule has 0 bridgehead atoms. The molecule has 0 aromatic rings. The van der Waals surface area contributed by atoms with E-state index in [1.807, 2.05) is 0 Å². The van der Waals surface area contributed by atoms with Gasteiger partial charge < -0.3 is 5.11 Å². The highest BCUT2D eigenvalue weighted by molar-refractivity contribution is 9.09. The summed E-state index contributed by atoms with van der Waals surface area (Å²) in [5.74, 6) is -0.498. The molecular formula is C11H12BrNO4S2. The molecule has 2 heterocycles. The molecule has 1 atom stereocenters. The summed E-state index contributed by atoms with van der Waals surface area (Å²) in [6.07, 6.45) is 1.31. The quantitative estimate of drug-likeness (QED) is 0.549. The largest absolute Gasteiger partial charge is 0.477 e. The monoisotopic (exact) mass is 365 g/mol. The van der Waals surface area contributed by atoms with E-state index in [0.717, 1.165) is 0 Å². The molecule has 0 aliphatic carbocycles. The van der Waals surface area contributed by atoms with Gasteiger partial charge in [-0.15, -0.1) is 11.8 Å². The zero-order valence-corrected chi connectivity index (χ0v) is 13.1. The maximum atomic E-state index is 11.4. The van der Waals surface area contributed by atoms with Gasteiger partial charge in [0.1, 0.15) is 5.78 Å². The molecule has 5 nitrogen and oxygen atoms in total. The number of carboxylic acid groups (broad SMARTS) is 1. The zero-order chi connectivity index (χ0) is 14.0. The van der Waals surface area contributed by atoms with Crippen LogP contribution in [0.25, 0.3) is 0 Å². The third kappa shape index (κ3) is 3.17. The SMILES string of the molecule is O=C(CCBr)CCSC1=C(C(=O)O)N2C(=O)C[C@H]2S1. The number of carbonyl (C=O) groups is 3. The van der Waals surface area contributed by atoms with Crippen molar-refractivity contribution >= 4 is 57.1 Å². The Morgan fingerprint density at radius 1 is 1.47 bits per heavy atom. The van der Waals surface area contributed by atoms with Crippen LogP contribution in [0.15, 0.2) is 9.93 Å². The van der Waals surface area contributed by atoms with Crippen molar-refractivity contribution < 1.29 is 19.5 Å². The number of halogens is 1. The van der Waals surface area contributed by atoms with E-state index < -0.39 is 5.97 Å². The Balaban J connectivity index is 1.94. The Bertz CT molecular complexity index is 466. The average molecular weight is 366 g/mol. The number of β-lactam (4-membered cyclic amide) rings is 1. The van der Waals surface area contributed by atoms with Gasteiger partial charge in [-0.3, -0.25) is 14.5 Å². The molecule has 0 aromatic heterocycles. The number of hydrogen-bond donors (Lipinski definition) is 1. The van der Waals surface area contributed by atoms with Crippen molar-refractivity contribution in [3.63, 3.8) is 0 Å². The molecule has 1 amide bonds. The van der Waals surface area contributed by atoms with Crippen LogP contribution in [0.3, 0.4) is 0 Å². The highest BCUT2D eigenvalue weighted by Gasteiger charge is 2.48. The van der Waals surface area contributed by atoms with Gasteiger partial charge in [-0.05, 0) is 0 Å². The van der Waals surface area contributed by atoms with Crippen molar-refractivity contribution in [2.45, 2.75) is 24.6 Å². The van der Waals surface area contributed by atoms with Crippen LogP contribution in [-0.4, -0.2) is 44.1 Å². The summed E-state index contributed by atoms with van der Waals surface area (Å²) in [5.41, 5.74) is 0.0872. The van der Waals surface area contributed by atoms with E-state index >= 15 is 0 Å². The minimum Gasteiger partial charge on any atom is -0.477 e. The summed E-state index contributed by atoms with van der Waals surface area (Å²) < 4.78 is 0.648. The number of nitrogens with zero attached hydrogens (tertiary/aromatic N) is 1. The van der Waals surface area contributed by atoms with Crippen LogP contribution < -0.4 is 0 Å². The van der Waals surface area contributed by atoms with Crippen molar-refractivity contribution in [2.75, 3.05) is 11.1 Å². The summed E-state index contributed by atoms with van der Waals surface area (Å²) in [6.45, 7) is 0. The first-order valence-electron chi connectivity index (χ1n) is 5.71. The number of rotatable bonds is 7. The van der Waals surface area contributed by atoms with Gasteiger partial charge in [-0.2, -0.15) is 0 Å². The fourth-order valence-electron chi connectivity index (χ4n) is 1.81. The summed E-state index contributed by atoms with van der Waals surface area (Å²) in [7, 11) is 0. The summed E-state index contributed by atoms with van der Waals surface area (Å²) in [4.78, 5) is 35.3. The summed E-state index contributed by atoms with van der Waals surface area (Å²) >= 11 is 5.97. The molecule has 2 rings (SSSR count). The maximum absolute atomic E-state index is 11.4. The molecule has 19 heavy (non-hydrogen) atoms. The van der Waals surface area contributed by atoms with Crippen LogP contribution in [0.5, 0.6) is 0 Å². The van der Waals surface area contributed by atoms with Gasteiger partial charge in [-0.25, -0.2) is 4.79 Å². The predicted octanol–water partition coefficient (Wildman–Crippen LogP) is 2.02. The lowest BCUT2D eigenvalue weighted by atomic mass is 10.2. The Morgan fingerprint density at radius 2 is 2.21 bits per heavy atom. The van der Waals surface area contributed by atoms with Gasteiger partial charge in [-0.1, -0.05) is 27.7 Å². The van der Waals surface area contributed by atoms with E-state index in [1.54, 1.807) is 0 Å². The first-order chi connectivity index (χ1) is 9.04. The maximum Gasteiger partial charge on any atom is 0.354 e. The van der Waals surface area contributed by atoms with E-state index in [2.05, 4.69) is 15.9 Å². The smallest absolute Gasteiger partial charge is 0.354 e. The molecule has 2 aliphatic heterocycles. The Hall–Kier alpha value is -0.470. The molecule has 0 radical (unpaired) electrons. The zero-order valence-electron chi connectivity index (χ0n) is 9.93. The van der Waals surface area contributed by atoms with Gasteiger partial charge >= 0.3 is 5.97 Å². The second-order valence-electron chi connectivity index (χ2n) is 4.06. The van der Waals surface area contributed by atoms with Crippen molar-refractivity contribution in [3.8, 4) is 0 Å². The van der Waals surface area contributed by atoms with Crippen molar-refractivity contribution in [3.05, 3.63) is 9.93 Å². The molecular weight excluding hydrogens is 354 g/mol. The summed E-state index contributed by atoms with van der Waals surface area (Å²) in [5, 5.41) is 9.76. The predicted molar refractivity (Wildman–Crippen MR) is 78.0 cm³/mol. The first-order valence-corrected chi connectivity index (χ1v) is 8.70. The molecule has 2 aliphatic rings. The van der Waals surface area contributed by atoms with Crippen LogP contribution in [0.1, 0.15) is 19.3 Å². The third-order valence-corrected chi connectivity index (χ3v) is 5.73. The lowest BCUT2D eigenvalue weighted by Gasteiger charge is -2.33. The highest BCUT2D eigenvalue weighted by Crippen LogP contribution is 2.50. The van der Waals surface area contributed by atoms with Crippen LogP contribution in [0, 0.1) is 0 Å². The molecule has 8 heteroatoms. The van der Waals surface area contributed by atoms with Crippen LogP contribution >= 0.6 is 39.5 Å². The fourth-order valence-corrected chi connectivity index (χ4v) is 5.04. The van der Waals surface area contributed by atoms with Crippen molar-refractivity contribution in [1.29, 1.82) is 0 Å². The van der Waals surface area contributed by atoms with Crippen LogP contribution in [0.2, 0.25) is 0 Å². The number of aliphatic carboxylic acids is 1. The Kier molecular flexibility index (Phi) is 4.97. The number of amides is 1. The van der Waals surface area contributed by atoms with Crippen LogP contribution in [0.4, 0.5) is 0 Å². The number of fused-ring (bicyclic) bond motifs is 1. The second kappa shape index (κ2) is 6.32. The first kappa shape index (κ1) is 14.9. The van der Waals surface area contributed by atoms with Crippen molar-refractivity contribution in [1.82, 2.24) is 4.90 Å². The highest BCUT2D eigenvalue weighted by atomic mass is 79.9. The fraction of sp³-hybridized carbons (Fsp3) is 0.545. The van der Waals surface area contributed by atoms with E-state index in [0.29, 0.717) is 34.6 Å². The number of Topliss-reactive ketones (excluding diaryl/α,β-unsaturated/α-hetero) is 1. The number of thioether (sulfide) groups is 2. The minimum absolute atomic E-state index is 0.0562. The molecule has 1 saturated heterocycles. The van der Waals surface area contributed by atoms with Gasteiger partial charge in [0.15, 0.2) is 5.70 Å². The standard InChI is InChI=1S/C11H12BrNO4S2/c12-3-1-6(14)2-4-18-11-9(10(16)17)13-7(15)5-8(13)19-11/h8H,1-5H2,(H,16,17)/t8-/m1/s1. The molecule has 0 unspecified atom stereocenters. The molecule has 0 saturated carbocycles. The lowest BCUT2D eigenvalue weighted by Crippen LogP contribution is -2.48. The molecule has 104 valence electrons.